The fourth-order valence-corrected chi connectivity index (χ4v) is 3.12. The first kappa shape index (κ1) is 11.7. The Balaban J connectivity index is 2.35. The van der Waals surface area contributed by atoms with Crippen LogP contribution < -0.4 is 5.63 Å². The first-order valence-corrected chi connectivity index (χ1v) is 6.96. The Morgan fingerprint density at radius 2 is 1.53 bits per heavy atom. The summed E-state index contributed by atoms with van der Waals surface area (Å²) >= 11 is 0. The third kappa shape index (κ3) is 1.77. The van der Waals surface area contributed by atoms with Crippen LogP contribution in [0.1, 0.15) is 0 Å². The monoisotopic (exact) mass is 275 g/mol. The van der Waals surface area contributed by atoms with Gasteiger partial charge in [0.1, 0.15) is 5.52 Å². The average molecular weight is 275 g/mol. The SMILES string of the molecule is O=c1on(S(=O)(=O)c2ccccc2)c2ccccc12. The van der Waals surface area contributed by atoms with E-state index in [1.165, 1.54) is 24.3 Å². The Kier molecular flexibility index (Phi) is 2.53. The van der Waals surface area contributed by atoms with Gasteiger partial charge in [-0.05, 0) is 24.3 Å². The highest BCUT2D eigenvalue weighted by Gasteiger charge is 2.22. The topological polar surface area (TPSA) is 69.3 Å². The second kappa shape index (κ2) is 4.10. The summed E-state index contributed by atoms with van der Waals surface area (Å²) in [6.07, 6.45) is 0. The zero-order valence-corrected chi connectivity index (χ0v) is 10.5. The fraction of sp³-hybridized carbons (Fsp3) is 0. The lowest BCUT2D eigenvalue weighted by Gasteiger charge is -2.04. The minimum Gasteiger partial charge on any atom is -0.320 e. The summed E-state index contributed by atoms with van der Waals surface area (Å²) in [5.41, 5.74) is -0.438. The maximum Gasteiger partial charge on any atom is 0.366 e. The van der Waals surface area contributed by atoms with E-state index in [2.05, 4.69) is 0 Å². The number of rotatable bonds is 2. The fourth-order valence-electron chi connectivity index (χ4n) is 1.85. The highest BCUT2D eigenvalue weighted by atomic mass is 32.2. The summed E-state index contributed by atoms with van der Waals surface area (Å²) in [5.74, 6) is 0. The van der Waals surface area contributed by atoms with Gasteiger partial charge in [-0.15, -0.1) is 0 Å². The summed E-state index contributed by atoms with van der Waals surface area (Å²) in [7, 11) is -3.89. The molecule has 0 unspecified atom stereocenters. The van der Waals surface area contributed by atoms with E-state index >= 15 is 0 Å². The summed E-state index contributed by atoms with van der Waals surface area (Å²) in [4.78, 5) is 11.7. The van der Waals surface area contributed by atoms with Crippen LogP contribution in [0.25, 0.3) is 10.9 Å². The molecule has 1 heterocycles. The maximum absolute atomic E-state index is 12.4. The van der Waals surface area contributed by atoms with Gasteiger partial charge in [0.05, 0.1) is 10.3 Å². The third-order valence-corrected chi connectivity index (χ3v) is 4.32. The van der Waals surface area contributed by atoms with Gasteiger partial charge in [-0.2, -0.15) is 8.42 Å². The normalized spacial score (nSPS) is 11.8. The minimum absolute atomic E-state index is 0.0690. The van der Waals surface area contributed by atoms with Crippen LogP contribution >= 0.6 is 0 Å². The maximum atomic E-state index is 12.4. The molecule has 2 aromatic carbocycles. The highest BCUT2D eigenvalue weighted by molar-refractivity contribution is 7.90. The number of hydrogen-bond acceptors (Lipinski definition) is 4. The Bertz CT molecular complexity index is 891. The van der Waals surface area contributed by atoms with Crippen LogP contribution in [-0.4, -0.2) is 12.6 Å². The van der Waals surface area contributed by atoms with Crippen LogP contribution in [-0.2, 0) is 10.0 Å². The highest BCUT2D eigenvalue weighted by Crippen LogP contribution is 2.18. The molecule has 0 saturated carbocycles. The molecule has 0 aliphatic heterocycles. The predicted octanol–water partition coefficient (Wildman–Crippen LogP) is 1.83. The van der Waals surface area contributed by atoms with Gasteiger partial charge in [0.25, 0.3) is 10.0 Å². The van der Waals surface area contributed by atoms with E-state index in [0.717, 1.165) is 0 Å². The molecule has 1 aromatic heterocycles. The van der Waals surface area contributed by atoms with Crippen molar-refractivity contribution < 1.29 is 12.9 Å². The summed E-state index contributed by atoms with van der Waals surface area (Å²) < 4.78 is 30.3. The van der Waals surface area contributed by atoms with Crippen molar-refractivity contribution in [2.75, 3.05) is 0 Å². The molecule has 0 spiro atoms. The van der Waals surface area contributed by atoms with Gasteiger partial charge in [-0.3, -0.25) is 0 Å². The lowest BCUT2D eigenvalue weighted by atomic mass is 10.3. The van der Waals surface area contributed by atoms with Crippen molar-refractivity contribution >= 4 is 20.9 Å². The van der Waals surface area contributed by atoms with Gasteiger partial charge in [-0.25, -0.2) is 4.79 Å². The van der Waals surface area contributed by atoms with E-state index in [4.69, 9.17) is 4.52 Å². The van der Waals surface area contributed by atoms with Crippen molar-refractivity contribution in [3.63, 3.8) is 0 Å². The van der Waals surface area contributed by atoms with Gasteiger partial charge < -0.3 is 4.52 Å². The average Bonchev–Trinajstić information content (AvgIpc) is 2.79. The molecule has 19 heavy (non-hydrogen) atoms. The molecule has 0 aliphatic rings. The molecule has 6 heteroatoms. The molecule has 96 valence electrons. The number of para-hydroxylation sites is 1. The minimum atomic E-state index is -3.89. The first-order chi connectivity index (χ1) is 9.10. The van der Waals surface area contributed by atoms with E-state index in [1.807, 2.05) is 0 Å². The quantitative estimate of drug-likeness (QED) is 0.715. The molecule has 0 N–H and O–H groups in total. The van der Waals surface area contributed by atoms with Crippen LogP contribution in [0, 0.1) is 0 Å². The van der Waals surface area contributed by atoms with Gasteiger partial charge in [0.2, 0.25) is 0 Å². The molecule has 0 fully saturated rings. The molecule has 0 radical (unpaired) electrons. The standard InChI is InChI=1S/C13H9NO4S/c15-13-11-8-4-5-9-12(11)14(18-13)19(16,17)10-6-2-1-3-7-10/h1-9H. The predicted molar refractivity (Wildman–Crippen MR) is 69.5 cm³/mol. The van der Waals surface area contributed by atoms with Crippen molar-refractivity contribution in [2.24, 2.45) is 0 Å². The van der Waals surface area contributed by atoms with E-state index in [9.17, 15) is 13.2 Å². The number of fused-ring (bicyclic) bond motifs is 1. The number of aromatic nitrogens is 1. The zero-order valence-electron chi connectivity index (χ0n) is 9.68. The van der Waals surface area contributed by atoms with Crippen LogP contribution in [0.5, 0.6) is 0 Å². The molecular weight excluding hydrogens is 266 g/mol. The number of nitrogens with zero attached hydrogens (tertiary/aromatic N) is 1. The molecule has 0 atom stereocenters. The van der Waals surface area contributed by atoms with Gasteiger partial charge in [-0.1, -0.05) is 34.5 Å². The van der Waals surface area contributed by atoms with Crippen molar-refractivity contribution in [2.45, 2.75) is 4.90 Å². The van der Waals surface area contributed by atoms with E-state index in [-0.39, 0.29) is 15.8 Å². The molecule has 3 rings (SSSR count). The van der Waals surface area contributed by atoms with Crippen molar-refractivity contribution in [1.82, 2.24) is 4.15 Å². The Labute approximate surface area is 108 Å². The third-order valence-electron chi connectivity index (χ3n) is 2.75. The Hall–Kier alpha value is -2.34. The summed E-state index contributed by atoms with van der Waals surface area (Å²) in [5, 5.41) is 0.238. The molecule has 0 amide bonds. The molecular formula is C13H9NO4S. The van der Waals surface area contributed by atoms with Crippen molar-refractivity contribution in [1.29, 1.82) is 0 Å². The molecule has 5 nitrogen and oxygen atoms in total. The molecule has 0 aliphatic carbocycles. The number of hydrogen-bond donors (Lipinski definition) is 0. The Morgan fingerprint density at radius 1 is 0.895 bits per heavy atom. The number of benzene rings is 2. The zero-order chi connectivity index (χ0) is 13.5. The van der Waals surface area contributed by atoms with Crippen molar-refractivity contribution in [3.05, 3.63) is 65.0 Å². The van der Waals surface area contributed by atoms with E-state index in [0.29, 0.717) is 4.15 Å². The smallest absolute Gasteiger partial charge is 0.320 e. The van der Waals surface area contributed by atoms with Gasteiger partial charge in [0.15, 0.2) is 0 Å². The van der Waals surface area contributed by atoms with Crippen LogP contribution in [0.3, 0.4) is 0 Å². The molecule has 3 aromatic rings. The second-order valence-electron chi connectivity index (χ2n) is 3.94. The molecule has 0 bridgehead atoms. The summed E-state index contributed by atoms with van der Waals surface area (Å²) in [6.45, 7) is 0. The largest absolute Gasteiger partial charge is 0.366 e. The van der Waals surface area contributed by atoms with Crippen LogP contribution in [0.4, 0.5) is 0 Å². The second-order valence-corrected chi connectivity index (χ2v) is 5.69. The van der Waals surface area contributed by atoms with Gasteiger partial charge >= 0.3 is 5.63 Å². The van der Waals surface area contributed by atoms with Gasteiger partial charge in [0, 0.05) is 0 Å². The van der Waals surface area contributed by atoms with Crippen LogP contribution in [0.2, 0.25) is 0 Å². The summed E-state index contributed by atoms with van der Waals surface area (Å²) in [6, 6.07) is 14.2. The lowest BCUT2D eigenvalue weighted by Crippen LogP contribution is -2.12. The van der Waals surface area contributed by atoms with Crippen molar-refractivity contribution in [3.8, 4) is 0 Å². The van der Waals surface area contributed by atoms with E-state index in [1.54, 1.807) is 30.3 Å². The van der Waals surface area contributed by atoms with E-state index < -0.39 is 15.6 Å². The Morgan fingerprint density at radius 3 is 2.26 bits per heavy atom. The molecule has 0 saturated heterocycles. The lowest BCUT2D eigenvalue weighted by molar-refractivity contribution is 0.351. The first-order valence-electron chi connectivity index (χ1n) is 5.52. The van der Waals surface area contributed by atoms with Crippen LogP contribution in [0.15, 0.2) is 68.8 Å².